The van der Waals surface area contributed by atoms with Crippen LogP contribution in [-0.4, -0.2) is 63.2 Å². The summed E-state index contributed by atoms with van der Waals surface area (Å²) in [5.74, 6) is 0.547. The Morgan fingerprint density at radius 3 is 2.67 bits per heavy atom. The molecule has 0 aliphatic carbocycles. The van der Waals surface area contributed by atoms with Crippen LogP contribution in [0.2, 0.25) is 0 Å². The molecule has 1 aromatic rings. The van der Waals surface area contributed by atoms with Gasteiger partial charge in [-0.25, -0.2) is 4.39 Å². The third kappa shape index (κ3) is 4.66. The number of piperazine rings is 1. The van der Waals surface area contributed by atoms with Gasteiger partial charge in [0.1, 0.15) is 18.2 Å². The van der Waals surface area contributed by atoms with Gasteiger partial charge in [0.25, 0.3) is 0 Å². The fourth-order valence-corrected chi connectivity index (χ4v) is 2.50. The van der Waals surface area contributed by atoms with Crippen molar-refractivity contribution < 1.29 is 9.13 Å². The van der Waals surface area contributed by atoms with Crippen LogP contribution in [0.1, 0.15) is 18.5 Å². The van der Waals surface area contributed by atoms with Crippen molar-refractivity contribution in [2.24, 2.45) is 0 Å². The van der Waals surface area contributed by atoms with Gasteiger partial charge in [0.15, 0.2) is 0 Å². The number of halogens is 1. The summed E-state index contributed by atoms with van der Waals surface area (Å²) in [5.41, 5.74) is 0.871. The van der Waals surface area contributed by atoms with E-state index in [2.05, 4.69) is 22.2 Å². The number of likely N-dealkylation sites (N-methyl/N-ethyl adjacent to an activating group) is 1. The molecule has 1 atom stereocenters. The van der Waals surface area contributed by atoms with Gasteiger partial charge in [0.05, 0.1) is 0 Å². The maximum atomic E-state index is 13.4. The largest absolute Gasteiger partial charge is 0.492 e. The Kier molecular flexibility index (Phi) is 5.96. The normalized spacial score (nSPS) is 18.7. The molecule has 0 bridgehead atoms. The van der Waals surface area contributed by atoms with Crippen LogP contribution in [0, 0.1) is 5.82 Å². The summed E-state index contributed by atoms with van der Waals surface area (Å²) in [5, 5.41) is 3.13. The first-order valence-corrected chi connectivity index (χ1v) is 7.60. The Labute approximate surface area is 126 Å². The van der Waals surface area contributed by atoms with Crippen LogP contribution in [0.25, 0.3) is 0 Å². The number of hydrogen-bond donors (Lipinski definition) is 1. The zero-order valence-electron chi connectivity index (χ0n) is 13.2. The fraction of sp³-hybridized carbons (Fsp3) is 0.625. The molecular formula is C16H26FN3O. The lowest BCUT2D eigenvalue weighted by Gasteiger charge is -2.32. The van der Waals surface area contributed by atoms with Crippen molar-refractivity contribution in [3.8, 4) is 5.75 Å². The third-order valence-corrected chi connectivity index (χ3v) is 4.13. The van der Waals surface area contributed by atoms with E-state index >= 15 is 0 Å². The molecule has 2 rings (SSSR count). The van der Waals surface area contributed by atoms with Crippen LogP contribution in [0.5, 0.6) is 5.75 Å². The van der Waals surface area contributed by atoms with Gasteiger partial charge >= 0.3 is 0 Å². The van der Waals surface area contributed by atoms with Crippen molar-refractivity contribution >= 4 is 0 Å². The van der Waals surface area contributed by atoms with E-state index in [0.29, 0.717) is 6.61 Å². The van der Waals surface area contributed by atoms with E-state index in [-0.39, 0.29) is 11.9 Å². The molecule has 4 nitrogen and oxygen atoms in total. The molecule has 1 heterocycles. The van der Waals surface area contributed by atoms with Gasteiger partial charge in [-0.1, -0.05) is 0 Å². The minimum atomic E-state index is -0.224. The maximum absolute atomic E-state index is 13.4. The van der Waals surface area contributed by atoms with Crippen molar-refractivity contribution in [2.75, 3.05) is 53.4 Å². The Morgan fingerprint density at radius 2 is 2.00 bits per heavy atom. The lowest BCUT2D eigenvalue weighted by molar-refractivity contribution is 0.133. The van der Waals surface area contributed by atoms with E-state index in [0.717, 1.165) is 44.0 Å². The van der Waals surface area contributed by atoms with Crippen molar-refractivity contribution in [2.45, 2.75) is 13.0 Å². The average Bonchev–Trinajstić information content (AvgIpc) is 2.50. The minimum absolute atomic E-state index is 0.0688. The van der Waals surface area contributed by atoms with Gasteiger partial charge in [0.2, 0.25) is 0 Å². The topological polar surface area (TPSA) is 27.7 Å². The second-order valence-corrected chi connectivity index (χ2v) is 5.69. The highest BCUT2D eigenvalue weighted by molar-refractivity contribution is 5.36. The third-order valence-electron chi connectivity index (χ3n) is 4.13. The summed E-state index contributed by atoms with van der Waals surface area (Å²) in [6.45, 7) is 7.95. The van der Waals surface area contributed by atoms with Gasteiger partial charge in [-0.2, -0.15) is 0 Å². The van der Waals surface area contributed by atoms with E-state index in [1.807, 2.05) is 14.0 Å². The van der Waals surface area contributed by atoms with Crippen molar-refractivity contribution in [1.82, 2.24) is 15.1 Å². The lowest BCUT2D eigenvalue weighted by atomic mass is 10.1. The SMILES string of the molecule is CNC(C)c1cc(F)ccc1OCCN1CCN(C)CC1. The summed E-state index contributed by atoms with van der Waals surface area (Å²) in [6, 6.07) is 4.80. The van der Waals surface area contributed by atoms with Gasteiger partial charge in [-0.3, -0.25) is 4.90 Å². The summed E-state index contributed by atoms with van der Waals surface area (Å²) in [6.07, 6.45) is 0. The van der Waals surface area contributed by atoms with Crippen LogP contribution in [0.4, 0.5) is 4.39 Å². The molecule has 1 fully saturated rings. The minimum Gasteiger partial charge on any atom is -0.492 e. The van der Waals surface area contributed by atoms with E-state index in [1.165, 1.54) is 6.07 Å². The molecule has 0 radical (unpaired) electrons. The summed E-state index contributed by atoms with van der Waals surface area (Å²) in [7, 11) is 4.02. The first-order valence-electron chi connectivity index (χ1n) is 7.60. The molecular weight excluding hydrogens is 269 g/mol. The van der Waals surface area contributed by atoms with E-state index in [9.17, 15) is 4.39 Å². The summed E-state index contributed by atoms with van der Waals surface area (Å²) >= 11 is 0. The monoisotopic (exact) mass is 295 g/mol. The highest BCUT2D eigenvalue weighted by atomic mass is 19.1. The molecule has 0 aromatic heterocycles. The van der Waals surface area contributed by atoms with Crippen LogP contribution in [0.3, 0.4) is 0 Å². The van der Waals surface area contributed by atoms with Gasteiger partial charge in [0, 0.05) is 44.3 Å². The lowest BCUT2D eigenvalue weighted by Crippen LogP contribution is -2.45. The molecule has 1 aliphatic heterocycles. The predicted octanol–water partition coefficient (Wildman–Crippen LogP) is 1.73. The number of rotatable bonds is 6. The first-order chi connectivity index (χ1) is 10.1. The average molecular weight is 295 g/mol. The number of nitrogens with zero attached hydrogens (tertiary/aromatic N) is 2. The molecule has 0 saturated carbocycles. The second kappa shape index (κ2) is 7.73. The number of ether oxygens (including phenoxy) is 1. The zero-order valence-corrected chi connectivity index (χ0v) is 13.2. The number of hydrogen-bond acceptors (Lipinski definition) is 4. The quantitative estimate of drug-likeness (QED) is 0.865. The molecule has 0 spiro atoms. The molecule has 118 valence electrons. The second-order valence-electron chi connectivity index (χ2n) is 5.69. The molecule has 1 saturated heterocycles. The summed E-state index contributed by atoms with van der Waals surface area (Å²) < 4.78 is 19.3. The fourth-order valence-electron chi connectivity index (χ4n) is 2.50. The smallest absolute Gasteiger partial charge is 0.124 e. The first kappa shape index (κ1) is 16.2. The zero-order chi connectivity index (χ0) is 15.2. The maximum Gasteiger partial charge on any atom is 0.124 e. The standard InChI is InChI=1S/C16H26FN3O/c1-13(18-2)15-12-14(17)4-5-16(15)21-11-10-20-8-6-19(3)7-9-20/h4-5,12-13,18H,6-11H2,1-3H3. The molecule has 1 N–H and O–H groups in total. The number of nitrogens with one attached hydrogen (secondary N) is 1. The molecule has 21 heavy (non-hydrogen) atoms. The number of benzene rings is 1. The van der Waals surface area contributed by atoms with Gasteiger partial charge < -0.3 is 15.0 Å². The summed E-state index contributed by atoms with van der Waals surface area (Å²) in [4.78, 5) is 4.74. The van der Waals surface area contributed by atoms with E-state index < -0.39 is 0 Å². The van der Waals surface area contributed by atoms with Gasteiger partial charge in [-0.15, -0.1) is 0 Å². The molecule has 1 aliphatic rings. The predicted molar refractivity (Wildman–Crippen MR) is 83.3 cm³/mol. The van der Waals surface area contributed by atoms with Crippen LogP contribution in [-0.2, 0) is 0 Å². The highest BCUT2D eigenvalue weighted by Gasteiger charge is 2.15. The molecule has 1 aromatic carbocycles. The Hall–Kier alpha value is -1.17. The van der Waals surface area contributed by atoms with Gasteiger partial charge in [-0.05, 0) is 39.2 Å². The van der Waals surface area contributed by atoms with Crippen molar-refractivity contribution in [3.05, 3.63) is 29.6 Å². The van der Waals surface area contributed by atoms with Crippen molar-refractivity contribution in [3.63, 3.8) is 0 Å². The Morgan fingerprint density at radius 1 is 1.29 bits per heavy atom. The van der Waals surface area contributed by atoms with Crippen LogP contribution >= 0.6 is 0 Å². The molecule has 1 unspecified atom stereocenters. The highest BCUT2D eigenvalue weighted by Crippen LogP contribution is 2.25. The van der Waals surface area contributed by atoms with E-state index in [4.69, 9.17) is 4.74 Å². The Bertz CT molecular complexity index is 447. The molecule has 0 amide bonds. The van der Waals surface area contributed by atoms with E-state index in [1.54, 1.807) is 12.1 Å². The Balaban J connectivity index is 1.88. The van der Waals surface area contributed by atoms with Crippen molar-refractivity contribution in [1.29, 1.82) is 0 Å². The molecule has 5 heteroatoms. The van der Waals surface area contributed by atoms with Crippen LogP contribution in [0.15, 0.2) is 18.2 Å². The van der Waals surface area contributed by atoms with Crippen LogP contribution < -0.4 is 10.1 Å².